The van der Waals surface area contributed by atoms with Crippen LogP contribution in [0.5, 0.6) is 5.75 Å². The lowest BCUT2D eigenvalue weighted by Gasteiger charge is -2.51. The predicted octanol–water partition coefficient (Wildman–Crippen LogP) is 2.34. The molecule has 3 atom stereocenters. The number of para-hydroxylation sites is 1. The van der Waals surface area contributed by atoms with Crippen LogP contribution in [0.4, 0.5) is 0 Å². The van der Waals surface area contributed by atoms with Crippen molar-refractivity contribution in [3.63, 3.8) is 0 Å². The Balaban J connectivity index is 1.41. The van der Waals surface area contributed by atoms with E-state index in [2.05, 4.69) is 21.2 Å². The van der Waals surface area contributed by atoms with E-state index in [-0.39, 0.29) is 17.9 Å². The Kier molecular flexibility index (Phi) is 9.23. The van der Waals surface area contributed by atoms with Gasteiger partial charge in [0.1, 0.15) is 29.8 Å². The molecule has 2 aromatic carbocycles. The van der Waals surface area contributed by atoms with Crippen LogP contribution in [0.3, 0.4) is 0 Å². The molecular weight excluding hydrogens is 606 g/mol. The van der Waals surface area contributed by atoms with Gasteiger partial charge in [-0.15, -0.1) is 11.8 Å². The molecule has 2 aliphatic rings. The van der Waals surface area contributed by atoms with E-state index in [0.717, 1.165) is 16.2 Å². The summed E-state index contributed by atoms with van der Waals surface area (Å²) >= 11 is 4.45. The van der Waals surface area contributed by atoms with Crippen molar-refractivity contribution in [2.24, 2.45) is 0 Å². The van der Waals surface area contributed by atoms with Gasteiger partial charge in [-0.1, -0.05) is 40.2 Å². The Labute approximate surface area is 241 Å². The number of β-lactam (4-membered cyclic amide) rings is 1. The maximum atomic E-state index is 13.1. The average Bonchev–Trinajstić information content (AvgIpc) is 2.96. The topological polar surface area (TPSA) is 152 Å². The third-order valence-corrected chi connectivity index (χ3v) is 7.67. The van der Waals surface area contributed by atoms with E-state index in [4.69, 9.17) is 19.5 Å². The van der Waals surface area contributed by atoms with Gasteiger partial charge in [0.2, 0.25) is 5.91 Å². The standard InChI is InChI=1S/C27H22BrN3O8S/c1-15(32)37-11-18-14-40-26-23(30-22(34)13-38-21-5-3-2-4-17(21)10-29)25(35)31(26)24(18)27(36)39-12-20(33)16-6-8-19(28)9-7-16/h2-9,14,23-24,26H,11-13H2,1H3,(H,30,34)/t23?,24?,26-/m1/s1. The van der Waals surface area contributed by atoms with Crippen LogP contribution in [0.15, 0.2) is 64.0 Å². The lowest BCUT2D eigenvalue weighted by Crippen LogP contribution is -2.74. The number of nitrogens with one attached hydrogen (secondary N) is 1. The number of carbonyl (C=O) groups is 5. The first kappa shape index (κ1) is 28.8. The first-order valence-corrected chi connectivity index (χ1v) is 13.6. The molecule has 0 aliphatic carbocycles. The van der Waals surface area contributed by atoms with E-state index in [0.29, 0.717) is 11.1 Å². The number of thioether (sulfide) groups is 1. The van der Waals surface area contributed by atoms with Gasteiger partial charge in [0, 0.05) is 22.5 Å². The smallest absolute Gasteiger partial charge is 0.333 e. The summed E-state index contributed by atoms with van der Waals surface area (Å²) in [5, 5.41) is 12.7. The molecule has 4 rings (SSSR count). The van der Waals surface area contributed by atoms with E-state index in [1.54, 1.807) is 53.9 Å². The van der Waals surface area contributed by atoms with E-state index in [9.17, 15) is 24.0 Å². The third-order valence-electron chi connectivity index (χ3n) is 5.93. The van der Waals surface area contributed by atoms with Crippen LogP contribution in [0.1, 0.15) is 22.8 Å². The Bertz CT molecular complexity index is 1420. The molecule has 13 heteroatoms. The minimum absolute atomic E-state index is 0.229. The van der Waals surface area contributed by atoms with Crippen molar-refractivity contribution in [3.05, 3.63) is 75.1 Å². The van der Waals surface area contributed by atoms with Crippen LogP contribution >= 0.6 is 27.7 Å². The second kappa shape index (κ2) is 12.8. The molecule has 0 aromatic heterocycles. The zero-order valence-electron chi connectivity index (χ0n) is 21.0. The number of nitrogens with zero attached hydrogens (tertiary/aromatic N) is 2. The number of rotatable bonds is 10. The number of benzene rings is 2. The van der Waals surface area contributed by atoms with Crippen molar-refractivity contribution in [3.8, 4) is 11.8 Å². The second-order valence-corrected chi connectivity index (χ2v) is 10.5. The molecule has 0 radical (unpaired) electrons. The molecule has 1 saturated heterocycles. The number of halogens is 1. The Morgan fingerprint density at radius 2 is 1.80 bits per heavy atom. The molecule has 2 amide bonds. The van der Waals surface area contributed by atoms with Gasteiger partial charge in [0.25, 0.3) is 5.91 Å². The highest BCUT2D eigenvalue weighted by molar-refractivity contribution is 9.10. The van der Waals surface area contributed by atoms with Gasteiger partial charge in [0.15, 0.2) is 25.0 Å². The summed E-state index contributed by atoms with van der Waals surface area (Å²) in [6, 6.07) is 12.7. The number of hydrogen-bond acceptors (Lipinski definition) is 10. The molecule has 2 unspecified atom stereocenters. The number of amides is 2. The van der Waals surface area contributed by atoms with Gasteiger partial charge in [-0.3, -0.25) is 19.2 Å². The molecule has 1 fully saturated rings. The van der Waals surface area contributed by atoms with Gasteiger partial charge >= 0.3 is 11.9 Å². The summed E-state index contributed by atoms with van der Waals surface area (Å²) < 4.78 is 16.5. The number of carbonyl (C=O) groups excluding carboxylic acids is 5. The molecule has 0 bridgehead atoms. The quantitative estimate of drug-likeness (QED) is 0.236. The monoisotopic (exact) mass is 627 g/mol. The molecule has 206 valence electrons. The zero-order valence-corrected chi connectivity index (χ0v) is 23.4. The van der Waals surface area contributed by atoms with Crippen LogP contribution < -0.4 is 10.1 Å². The van der Waals surface area contributed by atoms with Gasteiger partial charge in [-0.2, -0.15) is 5.26 Å². The van der Waals surface area contributed by atoms with Crippen molar-refractivity contribution in [2.75, 3.05) is 19.8 Å². The van der Waals surface area contributed by atoms with Crippen molar-refractivity contribution in [2.45, 2.75) is 24.4 Å². The van der Waals surface area contributed by atoms with Gasteiger partial charge in [0.05, 0.1) is 5.56 Å². The lowest BCUT2D eigenvalue weighted by molar-refractivity contribution is -0.163. The number of ketones is 1. The summed E-state index contributed by atoms with van der Waals surface area (Å²) in [4.78, 5) is 63.9. The summed E-state index contributed by atoms with van der Waals surface area (Å²) in [5.74, 6) is -2.82. The minimum Gasteiger partial charge on any atom is -0.482 e. The number of Topliss-reactive ketones (excluding diaryl/α,β-unsaturated/α-hetero) is 1. The maximum absolute atomic E-state index is 13.1. The van der Waals surface area contributed by atoms with Crippen LogP contribution in [0.2, 0.25) is 0 Å². The second-order valence-electron chi connectivity index (χ2n) is 8.63. The highest BCUT2D eigenvalue weighted by Gasteiger charge is 2.56. The maximum Gasteiger partial charge on any atom is 0.333 e. The largest absolute Gasteiger partial charge is 0.482 e. The van der Waals surface area contributed by atoms with Gasteiger partial charge < -0.3 is 24.4 Å². The summed E-state index contributed by atoms with van der Waals surface area (Å²) in [7, 11) is 0. The number of fused-ring (bicyclic) bond motifs is 1. The number of esters is 2. The molecular formula is C27H22BrN3O8S. The van der Waals surface area contributed by atoms with E-state index in [1.807, 2.05) is 6.07 Å². The summed E-state index contributed by atoms with van der Waals surface area (Å²) in [6.45, 7) is -0.0419. The van der Waals surface area contributed by atoms with Gasteiger partial charge in [-0.25, -0.2) is 4.79 Å². The molecule has 0 saturated carbocycles. The molecule has 1 N–H and O–H groups in total. The van der Waals surface area contributed by atoms with E-state index in [1.165, 1.54) is 11.8 Å². The molecule has 2 aliphatic heterocycles. The first-order chi connectivity index (χ1) is 19.2. The molecule has 40 heavy (non-hydrogen) atoms. The minimum atomic E-state index is -1.25. The zero-order chi connectivity index (χ0) is 28.8. The van der Waals surface area contributed by atoms with Crippen LogP contribution in [0, 0.1) is 11.3 Å². The predicted molar refractivity (Wildman–Crippen MR) is 145 cm³/mol. The summed E-state index contributed by atoms with van der Waals surface area (Å²) in [6.07, 6.45) is 0. The highest BCUT2D eigenvalue weighted by Crippen LogP contribution is 2.40. The third kappa shape index (κ3) is 6.52. The molecule has 0 spiro atoms. The summed E-state index contributed by atoms with van der Waals surface area (Å²) in [5.41, 5.74) is 0.896. The van der Waals surface area contributed by atoms with Crippen LogP contribution in [-0.4, -0.2) is 71.7 Å². The average molecular weight is 628 g/mol. The normalized spacial score (nSPS) is 19.2. The Morgan fingerprint density at radius 1 is 1.07 bits per heavy atom. The number of nitriles is 1. The Hall–Kier alpha value is -4.15. The fourth-order valence-electron chi connectivity index (χ4n) is 3.98. The molecule has 11 nitrogen and oxygen atoms in total. The SMILES string of the molecule is CC(=O)OCC1=CS[C@@H]2C(NC(=O)COc3ccccc3C#N)C(=O)N2C1C(=O)OCC(=O)c1ccc(Br)cc1. The number of ether oxygens (including phenoxy) is 3. The Morgan fingerprint density at radius 3 is 2.50 bits per heavy atom. The first-order valence-electron chi connectivity index (χ1n) is 11.9. The van der Waals surface area contributed by atoms with Crippen molar-refractivity contribution in [1.29, 1.82) is 5.26 Å². The van der Waals surface area contributed by atoms with Crippen molar-refractivity contribution in [1.82, 2.24) is 10.2 Å². The van der Waals surface area contributed by atoms with E-state index >= 15 is 0 Å². The highest BCUT2D eigenvalue weighted by atomic mass is 79.9. The van der Waals surface area contributed by atoms with Crippen LogP contribution in [0.25, 0.3) is 0 Å². The van der Waals surface area contributed by atoms with Crippen LogP contribution in [-0.2, 0) is 28.7 Å². The fourth-order valence-corrected chi connectivity index (χ4v) is 5.45. The lowest BCUT2D eigenvalue weighted by atomic mass is 9.98. The molecule has 2 aromatic rings. The van der Waals surface area contributed by atoms with E-state index < -0.39 is 60.2 Å². The fraction of sp³-hybridized carbons (Fsp3) is 0.259. The molecule has 2 heterocycles. The van der Waals surface area contributed by atoms with Gasteiger partial charge in [-0.05, 0) is 29.7 Å². The van der Waals surface area contributed by atoms with Crippen molar-refractivity contribution >= 4 is 57.2 Å². The number of hydrogen-bond donors (Lipinski definition) is 1. The van der Waals surface area contributed by atoms with Crippen molar-refractivity contribution < 1.29 is 38.2 Å².